The molecule has 4 atom stereocenters. The Morgan fingerprint density at radius 1 is 0.810 bits per heavy atom. The van der Waals surface area contributed by atoms with Crippen LogP contribution in [0.2, 0.25) is 0 Å². The van der Waals surface area contributed by atoms with Crippen LogP contribution < -0.4 is 14.8 Å². The van der Waals surface area contributed by atoms with E-state index in [0.29, 0.717) is 33.9 Å². The van der Waals surface area contributed by atoms with Crippen LogP contribution in [0.3, 0.4) is 0 Å². The van der Waals surface area contributed by atoms with Crippen LogP contribution in [0.5, 0.6) is 11.5 Å². The second kappa shape index (κ2) is 9.73. The fraction of sp³-hybridized carbons (Fsp3) is 0.171. The van der Waals surface area contributed by atoms with Gasteiger partial charge in [0, 0.05) is 17.5 Å². The van der Waals surface area contributed by atoms with Crippen LogP contribution in [0.1, 0.15) is 43.4 Å². The predicted octanol–water partition coefficient (Wildman–Crippen LogP) is 5.69. The number of nitrogens with zero attached hydrogens (tertiary/aromatic N) is 1. The number of amides is 1. The van der Waals surface area contributed by atoms with Crippen molar-refractivity contribution in [3.63, 3.8) is 0 Å². The third kappa shape index (κ3) is 3.49. The molecule has 7 nitrogen and oxygen atoms in total. The summed E-state index contributed by atoms with van der Waals surface area (Å²) in [7, 11) is 3.08. The lowest BCUT2D eigenvalue weighted by Gasteiger charge is -2.38. The van der Waals surface area contributed by atoms with Crippen molar-refractivity contribution in [2.75, 3.05) is 19.5 Å². The average Bonchev–Trinajstić information content (AvgIpc) is 3.52. The molecule has 42 heavy (non-hydrogen) atoms. The molecule has 0 saturated carbocycles. The molecule has 0 aromatic heterocycles. The van der Waals surface area contributed by atoms with E-state index >= 15 is 0 Å². The van der Waals surface area contributed by atoms with Crippen LogP contribution in [0.15, 0.2) is 103 Å². The Morgan fingerprint density at radius 2 is 1.52 bits per heavy atom. The standard InChI is InChI=1S/C35H28N2O5/c1-41-23-17-15-22(16-18-23)31(38)29-30(32(39)25-11-5-8-14-28(25)42-2)37-20-19-21-9-3-4-10-24(21)33(37)35(29)26-12-6-7-13-27(26)36-34(35)40/h3-20,29-30,33H,1-2H3,(H,36,40)/t29-,30+,33-,35-/m1/s1. The Bertz CT molecular complexity index is 1780. The number of hydrogen-bond donors (Lipinski definition) is 1. The molecule has 208 valence electrons. The number of carbonyl (C=O) groups excluding carboxylic acids is 3. The third-order valence-corrected chi connectivity index (χ3v) is 8.87. The van der Waals surface area contributed by atoms with Gasteiger partial charge in [0.2, 0.25) is 5.91 Å². The topological polar surface area (TPSA) is 84.9 Å². The highest BCUT2D eigenvalue weighted by Crippen LogP contribution is 2.62. The van der Waals surface area contributed by atoms with Crippen LogP contribution in [0.25, 0.3) is 6.08 Å². The largest absolute Gasteiger partial charge is 0.497 e. The first kappa shape index (κ1) is 25.8. The Kier molecular flexibility index (Phi) is 5.97. The van der Waals surface area contributed by atoms with Crippen molar-refractivity contribution < 1.29 is 23.9 Å². The molecule has 4 aromatic rings. The fourth-order valence-corrected chi connectivity index (χ4v) is 7.11. The summed E-state index contributed by atoms with van der Waals surface area (Å²) in [5.41, 5.74) is 2.53. The van der Waals surface area contributed by atoms with E-state index in [2.05, 4.69) is 5.32 Å². The number of methoxy groups -OCH3 is 2. The molecule has 4 aromatic carbocycles. The summed E-state index contributed by atoms with van der Waals surface area (Å²) in [6, 6.07) is 27.6. The van der Waals surface area contributed by atoms with E-state index in [4.69, 9.17) is 9.47 Å². The minimum absolute atomic E-state index is 0.289. The van der Waals surface area contributed by atoms with Crippen LogP contribution in [-0.2, 0) is 10.2 Å². The van der Waals surface area contributed by atoms with Crippen molar-refractivity contribution in [2.45, 2.75) is 17.5 Å². The summed E-state index contributed by atoms with van der Waals surface area (Å²) >= 11 is 0. The molecule has 0 aliphatic carbocycles. The first-order valence-corrected chi connectivity index (χ1v) is 13.8. The molecule has 7 rings (SSSR count). The smallest absolute Gasteiger partial charge is 0.238 e. The van der Waals surface area contributed by atoms with E-state index in [1.165, 1.54) is 7.11 Å². The van der Waals surface area contributed by atoms with E-state index in [1.54, 1.807) is 55.6 Å². The zero-order valence-electron chi connectivity index (χ0n) is 23.1. The third-order valence-electron chi connectivity index (χ3n) is 8.87. The molecule has 1 amide bonds. The van der Waals surface area contributed by atoms with Gasteiger partial charge in [-0.15, -0.1) is 0 Å². The maximum atomic E-state index is 14.9. The number of nitrogens with one attached hydrogen (secondary N) is 1. The maximum Gasteiger partial charge on any atom is 0.238 e. The number of ether oxygens (including phenoxy) is 2. The number of fused-ring (bicyclic) bond motifs is 6. The Labute approximate surface area is 243 Å². The highest BCUT2D eigenvalue weighted by molar-refractivity contribution is 6.17. The van der Waals surface area contributed by atoms with E-state index in [9.17, 15) is 14.4 Å². The molecule has 7 heteroatoms. The molecule has 3 aliphatic rings. The molecule has 3 heterocycles. The zero-order chi connectivity index (χ0) is 29.0. The Morgan fingerprint density at radius 3 is 2.31 bits per heavy atom. The maximum absolute atomic E-state index is 14.9. The second-order valence-electron chi connectivity index (χ2n) is 10.7. The van der Waals surface area contributed by atoms with Gasteiger partial charge in [0.1, 0.15) is 23.0 Å². The summed E-state index contributed by atoms with van der Waals surface area (Å²) in [6.07, 6.45) is 3.81. The molecular weight excluding hydrogens is 528 g/mol. The van der Waals surface area contributed by atoms with E-state index in [0.717, 1.165) is 11.1 Å². The molecular formula is C35H28N2O5. The summed E-state index contributed by atoms with van der Waals surface area (Å²) in [5, 5.41) is 3.07. The van der Waals surface area contributed by atoms with Gasteiger partial charge in [-0.05, 0) is 65.2 Å². The summed E-state index contributed by atoms with van der Waals surface area (Å²) < 4.78 is 10.9. The first-order chi connectivity index (χ1) is 20.5. The summed E-state index contributed by atoms with van der Waals surface area (Å²) in [5.74, 6) is -0.930. The first-order valence-electron chi connectivity index (χ1n) is 13.8. The van der Waals surface area contributed by atoms with E-state index < -0.39 is 23.4 Å². The molecule has 0 bridgehead atoms. The van der Waals surface area contributed by atoms with Gasteiger partial charge in [-0.3, -0.25) is 14.4 Å². The van der Waals surface area contributed by atoms with Crippen LogP contribution in [0.4, 0.5) is 5.69 Å². The quantitative estimate of drug-likeness (QED) is 0.308. The Balaban J connectivity index is 1.53. The second-order valence-corrected chi connectivity index (χ2v) is 10.7. The van der Waals surface area contributed by atoms with E-state index in [-0.39, 0.29) is 17.5 Å². The normalized spacial score (nSPS) is 23.1. The van der Waals surface area contributed by atoms with Gasteiger partial charge in [-0.2, -0.15) is 0 Å². The molecule has 0 radical (unpaired) electrons. The van der Waals surface area contributed by atoms with Crippen molar-refractivity contribution in [3.8, 4) is 11.5 Å². The molecule has 1 saturated heterocycles. The summed E-state index contributed by atoms with van der Waals surface area (Å²) in [4.78, 5) is 46.0. The van der Waals surface area contributed by atoms with Gasteiger partial charge in [0.05, 0.1) is 31.7 Å². The van der Waals surface area contributed by atoms with Gasteiger partial charge in [-0.1, -0.05) is 54.6 Å². The SMILES string of the molecule is COc1ccc(C(=O)[C@H]2[C@@H](C(=O)c3ccccc3OC)N3C=Cc4ccccc4[C@@H]3[C@]23C(=O)Nc2ccccc23)cc1. The van der Waals surface area contributed by atoms with Crippen molar-refractivity contribution in [1.29, 1.82) is 0 Å². The highest BCUT2D eigenvalue weighted by atomic mass is 16.5. The minimum Gasteiger partial charge on any atom is -0.497 e. The van der Waals surface area contributed by atoms with Crippen LogP contribution in [-0.4, -0.2) is 42.6 Å². The van der Waals surface area contributed by atoms with Gasteiger partial charge >= 0.3 is 0 Å². The van der Waals surface area contributed by atoms with Gasteiger partial charge in [0.15, 0.2) is 11.6 Å². The zero-order valence-corrected chi connectivity index (χ0v) is 23.1. The number of Topliss-reactive ketones (excluding diaryl/α,β-unsaturated/α-hetero) is 2. The molecule has 3 aliphatic heterocycles. The minimum atomic E-state index is -1.39. The molecule has 1 N–H and O–H groups in total. The Hall–Kier alpha value is -5.17. The molecule has 1 spiro atoms. The predicted molar refractivity (Wildman–Crippen MR) is 159 cm³/mol. The van der Waals surface area contributed by atoms with Gasteiger partial charge < -0.3 is 19.7 Å². The number of anilines is 1. The number of rotatable bonds is 6. The monoisotopic (exact) mass is 556 g/mol. The van der Waals surface area contributed by atoms with Crippen LogP contribution in [0, 0.1) is 5.92 Å². The van der Waals surface area contributed by atoms with Gasteiger partial charge in [0.25, 0.3) is 0 Å². The van der Waals surface area contributed by atoms with Crippen LogP contribution >= 0.6 is 0 Å². The van der Waals surface area contributed by atoms with Crippen molar-refractivity contribution >= 4 is 29.2 Å². The number of benzene rings is 4. The lowest BCUT2D eigenvalue weighted by Crippen LogP contribution is -2.49. The van der Waals surface area contributed by atoms with Crippen molar-refractivity contribution in [2.24, 2.45) is 5.92 Å². The number of ketones is 2. The van der Waals surface area contributed by atoms with E-state index in [1.807, 2.05) is 65.7 Å². The van der Waals surface area contributed by atoms with Crippen molar-refractivity contribution in [1.82, 2.24) is 4.90 Å². The van der Waals surface area contributed by atoms with Gasteiger partial charge in [-0.25, -0.2) is 0 Å². The number of para-hydroxylation sites is 2. The number of hydrogen-bond acceptors (Lipinski definition) is 6. The molecule has 1 fully saturated rings. The average molecular weight is 557 g/mol. The fourth-order valence-electron chi connectivity index (χ4n) is 7.11. The lowest BCUT2D eigenvalue weighted by molar-refractivity contribution is -0.122. The van der Waals surface area contributed by atoms with Crippen molar-refractivity contribution in [3.05, 3.63) is 131 Å². The summed E-state index contributed by atoms with van der Waals surface area (Å²) in [6.45, 7) is 0. The highest BCUT2D eigenvalue weighted by Gasteiger charge is 2.70. The molecule has 0 unspecified atom stereocenters. The number of carbonyl (C=O) groups is 3. The lowest BCUT2D eigenvalue weighted by atomic mass is 9.62.